The van der Waals surface area contributed by atoms with Gasteiger partial charge in [0.15, 0.2) is 9.04 Å². The van der Waals surface area contributed by atoms with Gasteiger partial charge in [0.25, 0.3) is 0 Å². The Balaban J connectivity index is 3.28. The van der Waals surface area contributed by atoms with Gasteiger partial charge in [-0.05, 0) is 24.9 Å². The molecule has 0 aromatic heterocycles. The van der Waals surface area contributed by atoms with Crippen LogP contribution in [0.4, 0.5) is 0 Å². The second kappa shape index (κ2) is 10.2. The highest BCUT2D eigenvalue weighted by molar-refractivity contribution is 6.51. The molecule has 0 unspecified atom stereocenters. The van der Waals surface area contributed by atoms with Gasteiger partial charge in [-0.25, -0.2) is 0 Å². The van der Waals surface area contributed by atoms with Crippen LogP contribution in [0, 0.1) is 0 Å². The highest BCUT2D eigenvalue weighted by atomic mass is 28.3. The Morgan fingerprint density at radius 1 is 0.846 bits per heavy atom. The number of hydrogen-bond donors (Lipinski definition) is 0. The summed E-state index contributed by atoms with van der Waals surface area (Å²) in [6.45, 7) is 1.72. The van der Waals surface area contributed by atoms with Gasteiger partial charge >= 0.3 is 0 Å². The Hall–Kier alpha value is 0.0969. The summed E-state index contributed by atoms with van der Waals surface area (Å²) in [6, 6.07) is 2.43. The third-order valence-electron chi connectivity index (χ3n) is 2.08. The average Bonchev–Trinajstić information content (AvgIpc) is 2.16. The van der Waals surface area contributed by atoms with Crippen LogP contribution in [-0.4, -0.2) is 43.6 Å². The molecule has 3 nitrogen and oxygen atoms in total. The first kappa shape index (κ1) is 13.1. The molecule has 0 aliphatic heterocycles. The van der Waals surface area contributed by atoms with Crippen LogP contribution in [0.25, 0.3) is 0 Å². The third-order valence-corrected chi connectivity index (χ3v) is 4.85. The molecule has 0 bridgehead atoms. The topological polar surface area (TPSA) is 27.7 Å². The molecular formula is C9H22O3Si. The van der Waals surface area contributed by atoms with E-state index in [-0.39, 0.29) is 0 Å². The maximum absolute atomic E-state index is 5.47. The highest BCUT2D eigenvalue weighted by Crippen LogP contribution is 2.07. The molecular weight excluding hydrogens is 184 g/mol. The van der Waals surface area contributed by atoms with Gasteiger partial charge < -0.3 is 13.9 Å². The number of hydrogen-bond acceptors (Lipinski definition) is 3. The summed E-state index contributed by atoms with van der Waals surface area (Å²) in [5.74, 6) is 0. The Kier molecular flexibility index (Phi) is 10.3. The van der Waals surface area contributed by atoms with E-state index in [0.29, 0.717) is 0 Å². The van der Waals surface area contributed by atoms with Crippen LogP contribution < -0.4 is 0 Å². The number of rotatable bonds is 9. The van der Waals surface area contributed by atoms with Crippen molar-refractivity contribution in [1.82, 2.24) is 0 Å². The first-order valence-corrected chi connectivity index (χ1v) is 6.96. The zero-order valence-corrected chi connectivity index (χ0v) is 10.2. The molecule has 0 radical (unpaired) electrons. The van der Waals surface area contributed by atoms with Crippen LogP contribution in [0.2, 0.25) is 12.1 Å². The largest absolute Gasteiger partial charge is 0.423 e. The quantitative estimate of drug-likeness (QED) is 0.422. The maximum Gasteiger partial charge on any atom is 0.176 e. The van der Waals surface area contributed by atoms with Crippen LogP contribution in [0.3, 0.4) is 0 Å². The van der Waals surface area contributed by atoms with Gasteiger partial charge in [-0.2, -0.15) is 0 Å². The van der Waals surface area contributed by atoms with Crippen molar-refractivity contribution >= 4 is 9.04 Å². The van der Waals surface area contributed by atoms with E-state index in [2.05, 4.69) is 0 Å². The Bertz CT molecular complexity index is 90.9. The molecule has 0 saturated heterocycles. The summed E-state index contributed by atoms with van der Waals surface area (Å²) in [4.78, 5) is 0. The van der Waals surface area contributed by atoms with E-state index in [1.54, 1.807) is 14.2 Å². The fourth-order valence-electron chi connectivity index (χ4n) is 1.29. The minimum absolute atomic E-state index is 0.858. The van der Waals surface area contributed by atoms with Gasteiger partial charge in [-0.15, -0.1) is 0 Å². The number of methoxy groups -OCH3 is 2. The van der Waals surface area contributed by atoms with Crippen molar-refractivity contribution in [1.29, 1.82) is 0 Å². The highest BCUT2D eigenvalue weighted by Gasteiger charge is 2.08. The van der Waals surface area contributed by atoms with E-state index in [0.717, 1.165) is 26.1 Å². The number of ether oxygens (including phenoxy) is 2. The van der Waals surface area contributed by atoms with Gasteiger partial charge in [-0.1, -0.05) is 0 Å². The van der Waals surface area contributed by atoms with Crippen LogP contribution in [0.1, 0.15) is 12.8 Å². The van der Waals surface area contributed by atoms with Crippen molar-refractivity contribution in [3.63, 3.8) is 0 Å². The molecule has 0 amide bonds. The fraction of sp³-hybridized carbons (Fsp3) is 1.00. The van der Waals surface area contributed by atoms with Crippen LogP contribution in [0.15, 0.2) is 0 Å². The van der Waals surface area contributed by atoms with Gasteiger partial charge in [0, 0.05) is 34.5 Å². The molecule has 0 saturated carbocycles. The minimum Gasteiger partial charge on any atom is -0.423 e. The van der Waals surface area contributed by atoms with Gasteiger partial charge in [0.2, 0.25) is 0 Å². The molecule has 0 fully saturated rings. The molecule has 0 aliphatic rings. The summed E-state index contributed by atoms with van der Waals surface area (Å²) in [5.41, 5.74) is 0. The molecule has 0 N–H and O–H groups in total. The van der Waals surface area contributed by atoms with Crippen molar-refractivity contribution < 1.29 is 13.9 Å². The lowest BCUT2D eigenvalue weighted by atomic mass is 10.5. The monoisotopic (exact) mass is 206 g/mol. The summed E-state index contributed by atoms with van der Waals surface area (Å²) < 4.78 is 15.5. The lowest BCUT2D eigenvalue weighted by Gasteiger charge is -2.12. The Morgan fingerprint density at radius 2 is 1.31 bits per heavy atom. The van der Waals surface area contributed by atoms with Gasteiger partial charge in [0.1, 0.15) is 0 Å². The molecule has 0 aromatic rings. The van der Waals surface area contributed by atoms with E-state index in [1.807, 2.05) is 7.11 Å². The van der Waals surface area contributed by atoms with E-state index >= 15 is 0 Å². The summed E-state index contributed by atoms with van der Waals surface area (Å²) in [7, 11) is 4.38. The standard InChI is InChI=1S/C9H22O3Si/c1-10-6-4-8-13(12-3)9-5-7-11-2/h13H,4-9H2,1-3H3. The van der Waals surface area contributed by atoms with Crippen LogP contribution in [-0.2, 0) is 13.9 Å². The summed E-state index contributed by atoms with van der Waals surface area (Å²) in [6.07, 6.45) is 2.27. The molecule has 13 heavy (non-hydrogen) atoms. The minimum atomic E-state index is -0.936. The molecule has 0 heterocycles. The molecule has 0 aromatic carbocycles. The first-order chi connectivity index (χ1) is 6.35. The zero-order chi connectivity index (χ0) is 9.94. The van der Waals surface area contributed by atoms with Crippen molar-refractivity contribution in [2.45, 2.75) is 24.9 Å². The molecule has 0 rings (SSSR count). The molecule has 0 atom stereocenters. The van der Waals surface area contributed by atoms with E-state index in [1.165, 1.54) is 12.1 Å². The van der Waals surface area contributed by atoms with E-state index < -0.39 is 9.04 Å². The van der Waals surface area contributed by atoms with Crippen molar-refractivity contribution in [3.8, 4) is 0 Å². The second-order valence-corrected chi connectivity index (χ2v) is 6.00. The normalized spacial score (nSPS) is 11.1. The zero-order valence-electron chi connectivity index (χ0n) is 9.04. The van der Waals surface area contributed by atoms with Crippen molar-refractivity contribution in [2.75, 3.05) is 34.5 Å². The molecule has 0 spiro atoms. The smallest absolute Gasteiger partial charge is 0.176 e. The summed E-state index contributed by atoms with van der Waals surface area (Å²) in [5, 5.41) is 0. The van der Waals surface area contributed by atoms with Crippen LogP contribution in [0.5, 0.6) is 0 Å². The maximum atomic E-state index is 5.47. The third kappa shape index (κ3) is 8.43. The fourth-order valence-corrected chi connectivity index (χ4v) is 3.29. The first-order valence-electron chi connectivity index (χ1n) is 4.85. The van der Waals surface area contributed by atoms with Gasteiger partial charge in [-0.3, -0.25) is 0 Å². The van der Waals surface area contributed by atoms with E-state index in [9.17, 15) is 0 Å². The van der Waals surface area contributed by atoms with Crippen LogP contribution >= 0.6 is 0 Å². The van der Waals surface area contributed by atoms with Crippen molar-refractivity contribution in [3.05, 3.63) is 0 Å². The molecule has 80 valence electrons. The lowest BCUT2D eigenvalue weighted by Crippen LogP contribution is -2.16. The Morgan fingerprint density at radius 3 is 1.62 bits per heavy atom. The van der Waals surface area contributed by atoms with E-state index in [4.69, 9.17) is 13.9 Å². The lowest BCUT2D eigenvalue weighted by molar-refractivity contribution is 0.195. The second-order valence-electron chi connectivity index (χ2n) is 3.13. The van der Waals surface area contributed by atoms with Crippen molar-refractivity contribution in [2.24, 2.45) is 0 Å². The Labute approximate surface area is 83.1 Å². The molecule has 4 heteroatoms. The average molecular weight is 206 g/mol. The molecule has 0 aliphatic carbocycles. The summed E-state index contributed by atoms with van der Waals surface area (Å²) >= 11 is 0. The predicted octanol–water partition coefficient (Wildman–Crippen LogP) is 1.43. The predicted molar refractivity (Wildman–Crippen MR) is 56.8 cm³/mol. The SMILES string of the molecule is COCCC[SiH](CCCOC)OC. The van der Waals surface area contributed by atoms with Gasteiger partial charge in [0.05, 0.1) is 0 Å².